The summed E-state index contributed by atoms with van der Waals surface area (Å²) in [4.78, 5) is 23.4. The first kappa shape index (κ1) is 15.5. The zero-order valence-corrected chi connectivity index (χ0v) is 13.3. The molecule has 0 radical (unpaired) electrons. The molecule has 2 rings (SSSR count). The van der Waals surface area contributed by atoms with Crippen LogP contribution < -0.4 is 5.32 Å². The summed E-state index contributed by atoms with van der Waals surface area (Å²) in [6, 6.07) is 15.2. The van der Waals surface area contributed by atoms with Crippen LogP contribution in [0, 0.1) is 3.57 Å². The Hall–Kier alpha value is -1.89. The molecule has 0 unspecified atom stereocenters. The van der Waals surface area contributed by atoms with Gasteiger partial charge in [0.25, 0.3) is 5.91 Å². The first-order valence-corrected chi connectivity index (χ1v) is 7.48. The number of amides is 1. The summed E-state index contributed by atoms with van der Waals surface area (Å²) in [7, 11) is 0. The van der Waals surface area contributed by atoms with E-state index in [1.54, 1.807) is 30.3 Å². The van der Waals surface area contributed by atoms with Crippen LogP contribution in [0.1, 0.15) is 15.9 Å². The number of hydrogen-bond donors (Lipinski definition) is 2. The van der Waals surface area contributed by atoms with Crippen molar-refractivity contribution in [2.24, 2.45) is 0 Å². The van der Waals surface area contributed by atoms with Crippen molar-refractivity contribution in [2.45, 2.75) is 12.5 Å². The number of nitrogens with one attached hydrogen (secondary N) is 1. The minimum atomic E-state index is -1.04. The van der Waals surface area contributed by atoms with Crippen LogP contribution in [0.5, 0.6) is 0 Å². The predicted molar refractivity (Wildman–Crippen MR) is 88.2 cm³/mol. The van der Waals surface area contributed by atoms with Gasteiger partial charge in [-0.25, -0.2) is 4.79 Å². The molecule has 21 heavy (non-hydrogen) atoms. The minimum Gasteiger partial charge on any atom is -0.480 e. The maximum atomic E-state index is 12.1. The highest BCUT2D eigenvalue weighted by molar-refractivity contribution is 14.1. The van der Waals surface area contributed by atoms with Gasteiger partial charge in [0.15, 0.2) is 0 Å². The van der Waals surface area contributed by atoms with Crippen molar-refractivity contribution in [3.63, 3.8) is 0 Å². The fourth-order valence-corrected chi connectivity index (χ4v) is 2.52. The van der Waals surface area contributed by atoms with E-state index in [1.807, 2.05) is 24.3 Å². The van der Waals surface area contributed by atoms with Gasteiger partial charge in [-0.15, -0.1) is 0 Å². The number of carboxylic acids is 1. The van der Waals surface area contributed by atoms with Crippen molar-refractivity contribution in [1.29, 1.82) is 0 Å². The highest BCUT2D eigenvalue weighted by atomic mass is 127. The maximum absolute atomic E-state index is 12.1. The van der Waals surface area contributed by atoms with E-state index in [9.17, 15) is 14.7 Å². The molecule has 0 aliphatic heterocycles. The largest absolute Gasteiger partial charge is 0.480 e. The molecule has 0 aliphatic carbocycles. The van der Waals surface area contributed by atoms with Gasteiger partial charge in [0.1, 0.15) is 6.04 Å². The Labute approximate surface area is 136 Å². The van der Waals surface area contributed by atoms with Crippen LogP contribution in [0.15, 0.2) is 54.6 Å². The maximum Gasteiger partial charge on any atom is 0.326 e. The number of aliphatic carboxylic acids is 1. The minimum absolute atomic E-state index is 0.257. The Morgan fingerprint density at radius 2 is 1.67 bits per heavy atom. The first-order valence-electron chi connectivity index (χ1n) is 6.40. The Kier molecular flexibility index (Phi) is 5.32. The monoisotopic (exact) mass is 395 g/mol. The van der Waals surface area contributed by atoms with Crippen LogP contribution in [0.3, 0.4) is 0 Å². The van der Waals surface area contributed by atoms with Crippen LogP contribution in [-0.4, -0.2) is 23.0 Å². The number of carbonyl (C=O) groups is 2. The molecule has 0 fully saturated rings. The molecule has 2 aromatic carbocycles. The van der Waals surface area contributed by atoms with Gasteiger partial charge in [0.05, 0.1) is 0 Å². The summed E-state index contributed by atoms with van der Waals surface area (Å²) >= 11 is 2.16. The number of carbonyl (C=O) groups excluding carboxylic acids is 1. The smallest absolute Gasteiger partial charge is 0.326 e. The average molecular weight is 395 g/mol. The standard InChI is InChI=1S/C16H14INO3/c17-13-9-5-4-8-12(13)10-14(16(20)21)18-15(19)11-6-2-1-3-7-11/h1-9,14H,10H2,(H,18,19)(H,20,21)/t14-/m1/s1. The molecule has 0 spiro atoms. The van der Waals surface area contributed by atoms with E-state index in [4.69, 9.17) is 0 Å². The first-order chi connectivity index (χ1) is 10.1. The number of hydrogen-bond acceptors (Lipinski definition) is 2. The highest BCUT2D eigenvalue weighted by Gasteiger charge is 2.21. The van der Waals surface area contributed by atoms with E-state index in [2.05, 4.69) is 27.9 Å². The van der Waals surface area contributed by atoms with E-state index in [1.165, 1.54) is 0 Å². The fraction of sp³-hybridized carbons (Fsp3) is 0.125. The van der Waals surface area contributed by atoms with Gasteiger partial charge in [0.2, 0.25) is 0 Å². The molecule has 4 nitrogen and oxygen atoms in total. The van der Waals surface area contributed by atoms with Gasteiger partial charge < -0.3 is 10.4 Å². The Balaban J connectivity index is 2.12. The van der Waals surface area contributed by atoms with Crippen molar-refractivity contribution >= 4 is 34.5 Å². The van der Waals surface area contributed by atoms with Gasteiger partial charge in [-0.2, -0.15) is 0 Å². The van der Waals surface area contributed by atoms with Crippen molar-refractivity contribution < 1.29 is 14.7 Å². The van der Waals surface area contributed by atoms with E-state index in [0.717, 1.165) is 9.13 Å². The van der Waals surface area contributed by atoms with Crippen molar-refractivity contribution in [1.82, 2.24) is 5.32 Å². The van der Waals surface area contributed by atoms with E-state index >= 15 is 0 Å². The number of carboxylic acid groups (broad SMARTS) is 1. The van der Waals surface area contributed by atoms with Gasteiger partial charge in [0, 0.05) is 15.6 Å². The van der Waals surface area contributed by atoms with Crippen LogP contribution in [0.25, 0.3) is 0 Å². The molecule has 0 bridgehead atoms. The summed E-state index contributed by atoms with van der Waals surface area (Å²) in [6.07, 6.45) is 0.257. The normalized spacial score (nSPS) is 11.7. The summed E-state index contributed by atoms with van der Waals surface area (Å²) in [5.41, 5.74) is 1.35. The number of benzene rings is 2. The van der Waals surface area contributed by atoms with Crippen LogP contribution in [-0.2, 0) is 11.2 Å². The molecule has 5 heteroatoms. The Morgan fingerprint density at radius 3 is 2.29 bits per heavy atom. The predicted octanol–water partition coefficient (Wildman–Crippen LogP) is 2.72. The molecule has 0 saturated carbocycles. The van der Waals surface area contributed by atoms with Crippen molar-refractivity contribution in [2.75, 3.05) is 0 Å². The van der Waals surface area contributed by atoms with Crippen LogP contribution in [0.2, 0.25) is 0 Å². The van der Waals surface area contributed by atoms with Crippen molar-refractivity contribution in [3.8, 4) is 0 Å². The second kappa shape index (κ2) is 7.21. The van der Waals surface area contributed by atoms with Gasteiger partial charge in [-0.1, -0.05) is 36.4 Å². The zero-order chi connectivity index (χ0) is 15.2. The molecule has 2 N–H and O–H groups in total. The summed E-state index contributed by atoms with van der Waals surface area (Å²) in [6.45, 7) is 0. The third-order valence-electron chi connectivity index (χ3n) is 3.02. The number of halogens is 1. The topological polar surface area (TPSA) is 66.4 Å². The molecule has 1 amide bonds. The Bertz CT molecular complexity index is 643. The molecule has 0 heterocycles. The average Bonchev–Trinajstić information content (AvgIpc) is 2.49. The van der Waals surface area contributed by atoms with E-state index < -0.39 is 12.0 Å². The number of rotatable bonds is 5. The van der Waals surface area contributed by atoms with Crippen molar-refractivity contribution in [3.05, 3.63) is 69.3 Å². The third-order valence-corrected chi connectivity index (χ3v) is 4.07. The molecular weight excluding hydrogens is 381 g/mol. The van der Waals surface area contributed by atoms with E-state index in [-0.39, 0.29) is 12.3 Å². The molecular formula is C16H14INO3. The van der Waals surface area contributed by atoms with Gasteiger partial charge in [-0.3, -0.25) is 4.79 Å². The molecule has 108 valence electrons. The van der Waals surface area contributed by atoms with Gasteiger partial charge >= 0.3 is 5.97 Å². The lowest BCUT2D eigenvalue weighted by molar-refractivity contribution is -0.139. The summed E-state index contributed by atoms with van der Waals surface area (Å²) in [5, 5.41) is 11.9. The second-order valence-electron chi connectivity index (χ2n) is 4.53. The molecule has 2 aromatic rings. The summed E-state index contributed by atoms with van der Waals surface area (Å²) < 4.78 is 0.982. The third kappa shape index (κ3) is 4.29. The highest BCUT2D eigenvalue weighted by Crippen LogP contribution is 2.14. The SMILES string of the molecule is O=C(N[C@H](Cc1ccccc1I)C(=O)O)c1ccccc1. The van der Waals surface area contributed by atoms with Crippen LogP contribution >= 0.6 is 22.6 Å². The molecule has 0 saturated heterocycles. The lowest BCUT2D eigenvalue weighted by Gasteiger charge is -2.15. The lowest BCUT2D eigenvalue weighted by atomic mass is 10.1. The van der Waals surface area contributed by atoms with Crippen LogP contribution in [0.4, 0.5) is 0 Å². The summed E-state index contributed by atoms with van der Waals surface area (Å²) in [5.74, 6) is -1.42. The molecule has 1 atom stereocenters. The van der Waals surface area contributed by atoms with Gasteiger partial charge in [-0.05, 0) is 46.4 Å². The Morgan fingerprint density at radius 1 is 1.05 bits per heavy atom. The molecule has 0 aromatic heterocycles. The second-order valence-corrected chi connectivity index (χ2v) is 5.69. The lowest BCUT2D eigenvalue weighted by Crippen LogP contribution is -2.42. The van der Waals surface area contributed by atoms with E-state index in [0.29, 0.717) is 5.56 Å². The fourth-order valence-electron chi connectivity index (χ4n) is 1.92. The quantitative estimate of drug-likeness (QED) is 0.766. The zero-order valence-electron chi connectivity index (χ0n) is 11.1. The molecule has 0 aliphatic rings.